The molecule has 1 aromatic rings. The van der Waals surface area contributed by atoms with Crippen LogP contribution in [0.5, 0.6) is 0 Å². The molecule has 0 bridgehead atoms. The number of imide groups is 1. The number of halogens is 1. The summed E-state index contributed by atoms with van der Waals surface area (Å²) in [4.78, 5) is 58.9. The van der Waals surface area contributed by atoms with Crippen molar-refractivity contribution in [2.24, 2.45) is 0 Å². The lowest BCUT2D eigenvalue weighted by molar-refractivity contribution is -0.147. The van der Waals surface area contributed by atoms with Gasteiger partial charge in [-0.2, -0.15) is 8.42 Å². The van der Waals surface area contributed by atoms with Gasteiger partial charge in [-0.25, -0.2) is 19.1 Å². The summed E-state index contributed by atoms with van der Waals surface area (Å²) in [5, 5.41) is 4.34. The average Bonchev–Trinajstić information content (AvgIpc) is 2.72. The molecule has 1 unspecified atom stereocenters. The van der Waals surface area contributed by atoms with Crippen LogP contribution in [0.15, 0.2) is 30.3 Å². The van der Waals surface area contributed by atoms with Gasteiger partial charge in [-0.15, -0.1) is 0 Å². The Bertz CT molecular complexity index is 1010. The zero-order chi connectivity index (χ0) is 24.6. The highest BCUT2D eigenvalue weighted by Crippen LogP contribution is 2.22. The lowest BCUT2D eigenvalue weighted by atomic mass is 9.96. The Morgan fingerprint density at radius 1 is 1.21 bits per heavy atom. The van der Waals surface area contributed by atoms with Crippen LogP contribution in [-0.2, 0) is 39.6 Å². The van der Waals surface area contributed by atoms with E-state index >= 15 is 0 Å². The van der Waals surface area contributed by atoms with Gasteiger partial charge in [-0.05, 0) is 12.5 Å². The highest BCUT2D eigenvalue weighted by Gasteiger charge is 2.53. The van der Waals surface area contributed by atoms with Crippen molar-refractivity contribution in [3.05, 3.63) is 35.9 Å². The van der Waals surface area contributed by atoms with Crippen molar-refractivity contribution in [3.63, 3.8) is 0 Å². The van der Waals surface area contributed by atoms with Gasteiger partial charge in [0.2, 0.25) is 6.41 Å². The minimum atomic E-state index is -4.53. The van der Waals surface area contributed by atoms with Crippen molar-refractivity contribution < 1.29 is 46.6 Å². The molecular weight excluding hydrogens is 488 g/mol. The molecule has 0 aliphatic carbocycles. The SMILES string of the molecule is CC(NC=O)OC(=O)OC[C@H]1[C@@H](NC(=O)OCc2ccccc2)C(=O)N1C(=O)NS(=O)(=O)Cl. The predicted octanol–water partition coefficient (Wildman–Crippen LogP) is -0.0694. The molecule has 1 aromatic carbocycles. The first-order chi connectivity index (χ1) is 15.5. The number of ether oxygens (including phenoxy) is 3. The number of amides is 5. The second-order valence-corrected chi connectivity index (χ2v) is 8.71. The Morgan fingerprint density at radius 2 is 1.88 bits per heavy atom. The number of hydrogen-bond acceptors (Lipinski definition) is 10. The largest absolute Gasteiger partial charge is 0.510 e. The highest BCUT2D eigenvalue weighted by molar-refractivity contribution is 8.12. The fraction of sp³-hybridized carbons (Fsp3) is 0.353. The molecule has 16 heteroatoms. The molecule has 5 amide bonds. The van der Waals surface area contributed by atoms with E-state index in [9.17, 15) is 32.4 Å². The summed E-state index contributed by atoms with van der Waals surface area (Å²) in [5.74, 6) is -1.01. The van der Waals surface area contributed by atoms with Crippen molar-refractivity contribution in [2.45, 2.75) is 31.8 Å². The first kappa shape index (κ1) is 25.7. The van der Waals surface area contributed by atoms with E-state index in [0.717, 1.165) is 0 Å². The number of alkyl carbamates (subject to hydrolysis) is 1. The molecule has 1 heterocycles. The molecule has 0 saturated carbocycles. The number of benzene rings is 1. The van der Waals surface area contributed by atoms with E-state index in [2.05, 4.69) is 15.4 Å². The zero-order valence-corrected chi connectivity index (χ0v) is 18.5. The number of carbonyl (C=O) groups excluding carboxylic acids is 5. The van der Waals surface area contributed by atoms with Crippen molar-refractivity contribution in [1.29, 1.82) is 0 Å². The molecule has 0 aromatic heterocycles. The minimum Gasteiger partial charge on any atom is -0.445 e. The Kier molecular flexibility index (Phi) is 8.81. The highest BCUT2D eigenvalue weighted by atomic mass is 35.7. The Labute approximate surface area is 192 Å². The van der Waals surface area contributed by atoms with Crippen LogP contribution in [0.2, 0.25) is 0 Å². The van der Waals surface area contributed by atoms with E-state index in [1.165, 1.54) is 11.6 Å². The summed E-state index contributed by atoms with van der Waals surface area (Å²) < 4.78 is 38.0. The fourth-order valence-corrected chi connectivity index (χ4v) is 3.14. The van der Waals surface area contributed by atoms with E-state index in [1.54, 1.807) is 30.3 Å². The average molecular weight is 507 g/mol. The van der Waals surface area contributed by atoms with Crippen LogP contribution in [0, 0.1) is 0 Å². The zero-order valence-electron chi connectivity index (χ0n) is 16.9. The number of nitrogens with zero attached hydrogens (tertiary/aromatic N) is 1. The van der Waals surface area contributed by atoms with Crippen molar-refractivity contribution in [3.8, 4) is 0 Å². The van der Waals surface area contributed by atoms with Gasteiger partial charge in [0.05, 0.1) is 0 Å². The summed E-state index contributed by atoms with van der Waals surface area (Å²) in [6, 6.07) is 4.48. The van der Waals surface area contributed by atoms with Crippen LogP contribution >= 0.6 is 10.7 Å². The van der Waals surface area contributed by atoms with Crippen molar-refractivity contribution in [2.75, 3.05) is 6.61 Å². The van der Waals surface area contributed by atoms with Crippen molar-refractivity contribution in [1.82, 2.24) is 20.3 Å². The summed E-state index contributed by atoms with van der Waals surface area (Å²) in [5.41, 5.74) is 0.668. The van der Waals surface area contributed by atoms with Gasteiger partial charge in [0.1, 0.15) is 25.3 Å². The molecule has 3 atom stereocenters. The summed E-state index contributed by atoms with van der Waals surface area (Å²) >= 11 is 0. The van der Waals surface area contributed by atoms with Gasteiger partial charge in [0.15, 0.2) is 6.23 Å². The molecule has 33 heavy (non-hydrogen) atoms. The van der Waals surface area contributed by atoms with Gasteiger partial charge in [0.25, 0.3) is 5.91 Å². The van der Waals surface area contributed by atoms with Crippen LogP contribution in [0.3, 0.4) is 0 Å². The number of urea groups is 1. The summed E-state index contributed by atoms with van der Waals surface area (Å²) in [7, 11) is 0.423. The van der Waals surface area contributed by atoms with Crippen molar-refractivity contribution >= 4 is 50.5 Å². The van der Waals surface area contributed by atoms with Gasteiger partial charge in [-0.1, -0.05) is 30.3 Å². The van der Waals surface area contributed by atoms with Gasteiger partial charge in [-0.3, -0.25) is 14.5 Å². The summed E-state index contributed by atoms with van der Waals surface area (Å²) in [6.07, 6.45) is -3.05. The number of hydrogen-bond donors (Lipinski definition) is 3. The fourth-order valence-electron chi connectivity index (χ4n) is 2.63. The second kappa shape index (κ2) is 11.3. The summed E-state index contributed by atoms with van der Waals surface area (Å²) in [6.45, 7) is 0.524. The molecule has 1 fully saturated rings. The Morgan fingerprint density at radius 3 is 2.48 bits per heavy atom. The number of carbonyl (C=O) groups is 5. The van der Waals surface area contributed by atoms with Gasteiger partial charge >= 0.3 is 27.5 Å². The number of rotatable bonds is 9. The maximum atomic E-state index is 12.4. The molecule has 2 rings (SSSR count). The molecule has 0 radical (unpaired) electrons. The first-order valence-electron chi connectivity index (χ1n) is 9.11. The molecule has 14 nitrogen and oxygen atoms in total. The molecule has 180 valence electrons. The molecular formula is C17H19ClN4O10S. The van der Waals surface area contributed by atoms with Crippen LogP contribution in [0.1, 0.15) is 12.5 Å². The minimum absolute atomic E-state index is 0.114. The van der Waals surface area contributed by atoms with Crippen LogP contribution in [0.25, 0.3) is 0 Å². The quantitative estimate of drug-likeness (QED) is 0.134. The van der Waals surface area contributed by atoms with E-state index in [4.69, 9.17) is 20.2 Å². The third kappa shape index (κ3) is 7.80. The molecule has 1 aliphatic heterocycles. The maximum Gasteiger partial charge on any atom is 0.510 e. The van der Waals surface area contributed by atoms with Crippen LogP contribution < -0.4 is 15.4 Å². The molecule has 0 spiro atoms. The van der Waals surface area contributed by atoms with Crippen LogP contribution in [-0.4, -0.2) is 68.8 Å². The predicted molar refractivity (Wildman–Crippen MR) is 109 cm³/mol. The maximum absolute atomic E-state index is 12.4. The van der Waals surface area contributed by atoms with E-state index < -0.39 is 58.3 Å². The smallest absolute Gasteiger partial charge is 0.445 e. The normalized spacial score (nSPS) is 18.2. The van der Waals surface area contributed by atoms with Crippen LogP contribution in [0.4, 0.5) is 14.4 Å². The monoisotopic (exact) mass is 506 g/mol. The molecule has 1 saturated heterocycles. The third-order valence-electron chi connectivity index (χ3n) is 4.08. The molecule has 3 N–H and O–H groups in total. The molecule has 1 aliphatic rings. The number of β-lactam (4-membered cyclic amide) rings is 1. The number of nitrogens with one attached hydrogen (secondary N) is 3. The topological polar surface area (TPSA) is 187 Å². The lowest BCUT2D eigenvalue weighted by Gasteiger charge is -2.44. The third-order valence-corrected chi connectivity index (χ3v) is 4.73. The standard InChI is InChI=1S/C17H19ClN4O10S/c1-10(19-9-23)32-17(27)31-8-12-13(14(24)22(12)15(25)21-33(18,28)29)20-16(26)30-7-11-5-3-2-4-6-11/h2-6,9-10,12-13H,7-8H2,1H3,(H,19,23)(H,20,26)(H,21,25)/t10?,12-,13+/m0/s1. The Hall–Kier alpha value is -3.59. The van der Waals surface area contributed by atoms with Gasteiger partial charge < -0.3 is 24.8 Å². The second-order valence-electron chi connectivity index (χ2n) is 6.41. The van der Waals surface area contributed by atoms with E-state index in [0.29, 0.717) is 10.5 Å². The number of likely N-dealkylation sites (tertiary alicyclic amines) is 1. The van der Waals surface area contributed by atoms with Gasteiger partial charge in [0, 0.05) is 10.7 Å². The first-order valence-corrected chi connectivity index (χ1v) is 11.4. The van der Waals surface area contributed by atoms with E-state index in [1.807, 2.05) is 0 Å². The Balaban J connectivity index is 2.02. The van der Waals surface area contributed by atoms with E-state index in [-0.39, 0.29) is 13.0 Å². The lowest BCUT2D eigenvalue weighted by Crippen LogP contribution is -2.74.